The van der Waals surface area contributed by atoms with Crippen molar-refractivity contribution in [2.45, 2.75) is 38.2 Å². The van der Waals surface area contributed by atoms with E-state index in [1.165, 1.54) is 6.07 Å². The fourth-order valence-electron chi connectivity index (χ4n) is 4.25. The first kappa shape index (κ1) is 24.1. The van der Waals surface area contributed by atoms with Crippen LogP contribution in [0.25, 0.3) is 5.57 Å². The van der Waals surface area contributed by atoms with Crippen LogP contribution < -0.4 is 9.47 Å². The lowest BCUT2D eigenvalue weighted by Crippen LogP contribution is -2.49. The number of unbranched alkanes of at least 4 members (excludes halogenated alkanes) is 1. The van der Waals surface area contributed by atoms with Crippen LogP contribution in [0.15, 0.2) is 48.5 Å². The molecule has 0 unspecified atom stereocenters. The Kier molecular flexibility index (Phi) is 7.80. The van der Waals surface area contributed by atoms with Crippen LogP contribution in [0.5, 0.6) is 11.5 Å². The van der Waals surface area contributed by atoms with Gasteiger partial charge in [0.2, 0.25) is 0 Å². The molecular weight excluding hydrogens is 433 g/mol. The molecule has 4 rings (SSSR count). The normalized spacial score (nSPS) is 17.0. The number of para-hydroxylation sites is 1. The molecule has 2 heterocycles. The largest absolute Gasteiger partial charge is 0.491 e. The van der Waals surface area contributed by atoms with Gasteiger partial charge in [-0.3, -0.25) is 9.69 Å². The monoisotopic (exact) mass is 461 g/mol. The van der Waals surface area contributed by atoms with Gasteiger partial charge >= 0.3 is 5.97 Å². The van der Waals surface area contributed by atoms with Crippen molar-refractivity contribution in [3.8, 4) is 11.5 Å². The van der Waals surface area contributed by atoms with Crippen molar-refractivity contribution >= 4 is 23.9 Å². The van der Waals surface area contributed by atoms with Crippen molar-refractivity contribution in [2.75, 3.05) is 26.2 Å². The summed E-state index contributed by atoms with van der Waals surface area (Å²) in [4.78, 5) is 13.0. The number of halogens is 2. The maximum absolute atomic E-state index is 14.8. The molecule has 5 nitrogen and oxygen atoms in total. The number of fused-ring (bicyclic) bond motifs is 1. The number of likely N-dealkylation sites (tertiary alicyclic amines) is 1. The van der Waals surface area contributed by atoms with E-state index in [1.807, 2.05) is 35.2 Å². The number of hydrogen-bond acceptors (Lipinski definition) is 4. The molecule has 2 aliphatic heterocycles. The predicted octanol–water partition coefficient (Wildman–Crippen LogP) is 5.17. The van der Waals surface area contributed by atoms with Crippen LogP contribution in [-0.4, -0.2) is 47.8 Å². The Morgan fingerprint density at radius 1 is 1.22 bits per heavy atom. The Hall–Kier alpha value is -2.57. The highest BCUT2D eigenvalue weighted by molar-refractivity contribution is 5.85. The van der Waals surface area contributed by atoms with Crippen molar-refractivity contribution in [3.05, 3.63) is 65.5 Å². The maximum Gasteiger partial charge on any atom is 0.317 e. The SMILES string of the molecule is CCCCOc1ccc(C2=CC3(CCN(CC(=O)O)CC3)Oc3ccccc32)cc1F.Cl. The molecule has 2 aromatic carbocycles. The number of rotatable bonds is 7. The van der Waals surface area contributed by atoms with E-state index in [9.17, 15) is 9.18 Å². The van der Waals surface area contributed by atoms with Crippen LogP contribution in [0, 0.1) is 5.82 Å². The lowest BCUT2D eigenvalue weighted by Gasteiger charge is -2.42. The first-order valence-corrected chi connectivity index (χ1v) is 10.9. The van der Waals surface area contributed by atoms with Gasteiger partial charge in [0.25, 0.3) is 0 Å². The number of aliphatic carboxylic acids is 1. The summed E-state index contributed by atoms with van der Waals surface area (Å²) >= 11 is 0. The zero-order chi connectivity index (χ0) is 21.8. The van der Waals surface area contributed by atoms with Gasteiger partial charge in [-0.25, -0.2) is 4.39 Å². The molecule has 2 aliphatic rings. The molecule has 2 aromatic rings. The van der Waals surface area contributed by atoms with Crippen molar-refractivity contribution < 1.29 is 23.8 Å². The van der Waals surface area contributed by atoms with Gasteiger partial charge in [0.1, 0.15) is 11.4 Å². The number of piperidine rings is 1. The van der Waals surface area contributed by atoms with Gasteiger partial charge in [0, 0.05) is 31.5 Å². The second-order valence-electron chi connectivity index (χ2n) is 8.24. The number of carbonyl (C=O) groups is 1. The molecule has 0 atom stereocenters. The van der Waals surface area contributed by atoms with E-state index in [4.69, 9.17) is 14.6 Å². The van der Waals surface area contributed by atoms with Gasteiger partial charge in [-0.2, -0.15) is 0 Å². The zero-order valence-corrected chi connectivity index (χ0v) is 19.0. The Morgan fingerprint density at radius 3 is 2.66 bits per heavy atom. The lowest BCUT2D eigenvalue weighted by molar-refractivity contribution is -0.139. The minimum Gasteiger partial charge on any atom is -0.491 e. The van der Waals surface area contributed by atoms with Crippen molar-refractivity contribution in [2.24, 2.45) is 0 Å². The standard InChI is InChI=1S/C25H28FNO4.ClH/c1-2-3-14-30-23-9-8-18(15-21(23)26)20-16-25(31-22-7-5-4-6-19(20)22)10-12-27(13-11-25)17-24(28)29;/h4-9,15-16H,2-3,10-14,17H2,1H3,(H,28,29);1H. The number of hydrogen-bond donors (Lipinski definition) is 1. The number of carboxylic acids is 1. The molecule has 1 fully saturated rings. The number of ether oxygens (including phenoxy) is 2. The highest BCUT2D eigenvalue weighted by Crippen LogP contribution is 2.43. The maximum atomic E-state index is 14.8. The predicted molar refractivity (Wildman–Crippen MR) is 124 cm³/mol. The Morgan fingerprint density at radius 2 is 1.97 bits per heavy atom. The highest BCUT2D eigenvalue weighted by Gasteiger charge is 2.39. The Bertz CT molecular complexity index is 986. The number of benzene rings is 2. The third-order valence-corrected chi connectivity index (χ3v) is 5.96. The number of carboxylic acid groups (broad SMARTS) is 1. The summed E-state index contributed by atoms with van der Waals surface area (Å²) in [7, 11) is 0. The molecule has 0 aliphatic carbocycles. The van der Waals surface area contributed by atoms with Crippen LogP contribution in [0.1, 0.15) is 43.7 Å². The average molecular weight is 462 g/mol. The van der Waals surface area contributed by atoms with Crippen molar-refractivity contribution in [1.82, 2.24) is 4.90 Å². The quantitative estimate of drug-likeness (QED) is 0.576. The van der Waals surface area contributed by atoms with Gasteiger partial charge in [0.15, 0.2) is 11.6 Å². The minimum atomic E-state index is -0.821. The molecule has 32 heavy (non-hydrogen) atoms. The smallest absolute Gasteiger partial charge is 0.317 e. The van der Waals surface area contributed by atoms with Crippen LogP contribution in [0.4, 0.5) is 4.39 Å². The van der Waals surface area contributed by atoms with Crippen molar-refractivity contribution in [3.63, 3.8) is 0 Å². The molecule has 0 amide bonds. The van der Waals surface area contributed by atoms with E-state index in [2.05, 4.69) is 13.0 Å². The first-order valence-electron chi connectivity index (χ1n) is 10.9. The molecule has 1 saturated heterocycles. The molecule has 7 heteroatoms. The molecule has 0 bridgehead atoms. The van der Waals surface area contributed by atoms with E-state index < -0.39 is 11.6 Å². The summed E-state index contributed by atoms with van der Waals surface area (Å²) in [5.74, 6) is -0.146. The molecule has 1 N–H and O–H groups in total. The van der Waals surface area contributed by atoms with Gasteiger partial charge < -0.3 is 14.6 Å². The van der Waals surface area contributed by atoms with Gasteiger partial charge in [-0.15, -0.1) is 12.4 Å². The van der Waals surface area contributed by atoms with E-state index >= 15 is 0 Å². The molecule has 0 radical (unpaired) electrons. The Balaban J connectivity index is 0.00000289. The van der Waals surface area contributed by atoms with Crippen LogP contribution in [-0.2, 0) is 4.79 Å². The highest BCUT2D eigenvalue weighted by atomic mass is 35.5. The minimum absolute atomic E-state index is 0. The van der Waals surface area contributed by atoms with Crippen LogP contribution in [0.3, 0.4) is 0 Å². The molecule has 0 aromatic heterocycles. The van der Waals surface area contributed by atoms with Gasteiger partial charge in [-0.05, 0) is 41.8 Å². The molecular formula is C25H29ClFNO4. The fourth-order valence-corrected chi connectivity index (χ4v) is 4.25. The van der Waals surface area contributed by atoms with Crippen LogP contribution >= 0.6 is 12.4 Å². The first-order chi connectivity index (χ1) is 15.0. The second kappa shape index (κ2) is 10.4. The van der Waals surface area contributed by atoms with Crippen molar-refractivity contribution in [1.29, 1.82) is 0 Å². The number of nitrogens with zero attached hydrogens (tertiary/aromatic N) is 1. The summed E-state index contributed by atoms with van der Waals surface area (Å²) < 4.78 is 26.8. The van der Waals surface area contributed by atoms with E-state index in [-0.39, 0.29) is 30.5 Å². The summed E-state index contributed by atoms with van der Waals surface area (Å²) in [6, 6.07) is 12.9. The van der Waals surface area contributed by atoms with E-state index in [0.717, 1.165) is 35.3 Å². The topological polar surface area (TPSA) is 59.0 Å². The summed E-state index contributed by atoms with van der Waals surface area (Å²) in [5.41, 5.74) is 2.13. The van der Waals surface area contributed by atoms with E-state index in [1.54, 1.807) is 6.07 Å². The second-order valence-corrected chi connectivity index (χ2v) is 8.24. The van der Waals surface area contributed by atoms with Gasteiger partial charge in [0.05, 0.1) is 13.2 Å². The molecule has 172 valence electrons. The summed E-state index contributed by atoms with van der Waals surface area (Å²) in [5, 5.41) is 9.07. The van der Waals surface area contributed by atoms with Crippen LogP contribution in [0.2, 0.25) is 0 Å². The summed E-state index contributed by atoms with van der Waals surface area (Å²) in [6.45, 7) is 3.88. The molecule has 0 saturated carbocycles. The fraction of sp³-hybridized carbons (Fsp3) is 0.400. The zero-order valence-electron chi connectivity index (χ0n) is 18.2. The Labute approximate surface area is 194 Å². The van der Waals surface area contributed by atoms with Gasteiger partial charge in [-0.1, -0.05) is 37.6 Å². The van der Waals surface area contributed by atoms with E-state index in [0.29, 0.717) is 32.5 Å². The lowest BCUT2D eigenvalue weighted by atomic mass is 9.83. The summed E-state index contributed by atoms with van der Waals surface area (Å²) in [6.07, 6.45) is 5.34. The average Bonchev–Trinajstić information content (AvgIpc) is 2.76. The molecule has 1 spiro atoms. The third-order valence-electron chi connectivity index (χ3n) is 5.96. The third kappa shape index (κ3) is 5.25.